The summed E-state index contributed by atoms with van der Waals surface area (Å²) in [5.41, 5.74) is 0. The second kappa shape index (κ2) is 12.8. The molecule has 0 N–H and O–H groups in total. The monoisotopic (exact) mass is 338 g/mol. The molecular weight excluding hydrogens is 296 g/mol. The van der Waals surface area contributed by atoms with Crippen molar-refractivity contribution in [1.29, 1.82) is 0 Å². The smallest absolute Gasteiger partial charge is 0.306 e. The Bertz CT molecular complexity index is 324. The molecule has 1 aliphatic carbocycles. The van der Waals surface area contributed by atoms with Gasteiger partial charge in [0.05, 0.1) is 0 Å². The summed E-state index contributed by atoms with van der Waals surface area (Å²) < 4.78 is 5.87. The van der Waals surface area contributed by atoms with E-state index in [0.29, 0.717) is 24.2 Å². The van der Waals surface area contributed by atoms with E-state index in [1.54, 1.807) is 0 Å². The van der Waals surface area contributed by atoms with Crippen LogP contribution in [0.15, 0.2) is 0 Å². The van der Waals surface area contributed by atoms with Crippen LogP contribution < -0.4 is 0 Å². The Morgan fingerprint density at radius 2 is 1.54 bits per heavy atom. The molecule has 0 amide bonds. The SMILES string of the molecule is CCCCCCCCCCCC(=O)OC1CC(C)CCC1C(C)C. The van der Waals surface area contributed by atoms with Crippen molar-refractivity contribution in [3.63, 3.8) is 0 Å². The van der Waals surface area contributed by atoms with Gasteiger partial charge in [-0.15, -0.1) is 0 Å². The standard InChI is InChI=1S/C22H42O2/c1-5-6-7-8-9-10-11-12-13-14-22(23)24-21-17-19(4)15-16-20(21)18(2)3/h18-21H,5-17H2,1-4H3. The summed E-state index contributed by atoms with van der Waals surface area (Å²) in [5.74, 6) is 1.92. The average Bonchev–Trinajstić information content (AvgIpc) is 2.53. The molecule has 2 nitrogen and oxygen atoms in total. The number of rotatable bonds is 12. The molecule has 142 valence electrons. The van der Waals surface area contributed by atoms with E-state index in [1.807, 2.05) is 0 Å². The van der Waals surface area contributed by atoms with Gasteiger partial charge in [-0.3, -0.25) is 4.79 Å². The van der Waals surface area contributed by atoms with Crippen molar-refractivity contribution in [1.82, 2.24) is 0 Å². The lowest BCUT2D eigenvalue weighted by molar-refractivity contribution is -0.156. The molecule has 1 aliphatic rings. The Labute approximate surface area is 151 Å². The van der Waals surface area contributed by atoms with E-state index in [0.717, 1.165) is 12.8 Å². The topological polar surface area (TPSA) is 26.3 Å². The lowest BCUT2D eigenvalue weighted by atomic mass is 9.75. The maximum absolute atomic E-state index is 12.2. The van der Waals surface area contributed by atoms with Crippen LogP contribution in [0.3, 0.4) is 0 Å². The summed E-state index contributed by atoms with van der Waals surface area (Å²) in [7, 11) is 0. The molecule has 1 fully saturated rings. The lowest BCUT2D eigenvalue weighted by Gasteiger charge is -2.36. The second-order valence-electron chi connectivity index (χ2n) is 8.43. The summed E-state index contributed by atoms with van der Waals surface area (Å²) in [6.45, 7) is 9.08. The largest absolute Gasteiger partial charge is 0.462 e. The molecule has 2 heteroatoms. The van der Waals surface area contributed by atoms with Gasteiger partial charge in [0.25, 0.3) is 0 Å². The summed E-state index contributed by atoms with van der Waals surface area (Å²) in [4.78, 5) is 12.2. The normalized spacial score (nSPS) is 24.3. The van der Waals surface area contributed by atoms with E-state index in [1.165, 1.54) is 64.2 Å². The first-order valence-corrected chi connectivity index (χ1v) is 10.7. The van der Waals surface area contributed by atoms with Crippen molar-refractivity contribution < 1.29 is 9.53 Å². The van der Waals surface area contributed by atoms with Gasteiger partial charge in [0.2, 0.25) is 0 Å². The first kappa shape index (κ1) is 21.5. The molecule has 0 heterocycles. The number of hydrogen-bond acceptors (Lipinski definition) is 2. The number of esters is 1. The number of carbonyl (C=O) groups excluding carboxylic acids is 1. The first-order chi connectivity index (χ1) is 11.5. The van der Waals surface area contributed by atoms with Gasteiger partial charge in [0.15, 0.2) is 0 Å². The highest BCUT2D eigenvalue weighted by Crippen LogP contribution is 2.35. The van der Waals surface area contributed by atoms with Gasteiger partial charge in [-0.05, 0) is 37.0 Å². The molecule has 3 unspecified atom stereocenters. The van der Waals surface area contributed by atoms with Crippen LogP contribution in [0.1, 0.15) is 111 Å². The van der Waals surface area contributed by atoms with Crippen LogP contribution in [0.5, 0.6) is 0 Å². The zero-order chi connectivity index (χ0) is 17.8. The number of ether oxygens (including phenoxy) is 1. The van der Waals surface area contributed by atoms with E-state index in [-0.39, 0.29) is 12.1 Å². The number of unbranched alkanes of at least 4 members (excludes halogenated alkanes) is 8. The van der Waals surface area contributed by atoms with Crippen LogP contribution in [-0.2, 0) is 9.53 Å². The van der Waals surface area contributed by atoms with Crippen molar-refractivity contribution in [3.8, 4) is 0 Å². The zero-order valence-electron chi connectivity index (χ0n) is 16.8. The predicted molar refractivity (Wildman–Crippen MR) is 103 cm³/mol. The fourth-order valence-electron chi connectivity index (χ4n) is 4.06. The molecule has 24 heavy (non-hydrogen) atoms. The lowest BCUT2D eigenvalue weighted by Crippen LogP contribution is -2.35. The molecule has 0 aromatic rings. The van der Waals surface area contributed by atoms with E-state index in [9.17, 15) is 4.79 Å². The summed E-state index contributed by atoms with van der Waals surface area (Å²) in [6.07, 6.45) is 16.0. The summed E-state index contributed by atoms with van der Waals surface area (Å²) in [6, 6.07) is 0. The molecule has 0 radical (unpaired) electrons. The van der Waals surface area contributed by atoms with Crippen molar-refractivity contribution in [2.24, 2.45) is 17.8 Å². The molecule has 0 saturated heterocycles. The Morgan fingerprint density at radius 3 is 2.12 bits per heavy atom. The van der Waals surface area contributed by atoms with E-state index in [2.05, 4.69) is 27.7 Å². The van der Waals surface area contributed by atoms with Crippen molar-refractivity contribution in [2.75, 3.05) is 0 Å². The molecule has 0 aromatic carbocycles. The average molecular weight is 339 g/mol. The fraction of sp³-hybridized carbons (Fsp3) is 0.955. The van der Waals surface area contributed by atoms with Crippen molar-refractivity contribution >= 4 is 5.97 Å². The molecule has 0 spiro atoms. The highest BCUT2D eigenvalue weighted by molar-refractivity contribution is 5.69. The Hall–Kier alpha value is -0.530. The fourth-order valence-corrected chi connectivity index (χ4v) is 4.06. The minimum Gasteiger partial charge on any atom is -0.462 e. The van der Waals surface area contributed by atoms with Crippen LogP contribution in [0, 0.1) is 17.8 Å². The van der Waals surface area contributed by atoms with Crippen LogP contribution in [-0.4, -0.2) is 12.1 Å². The van der Waals surface area contributed by atoms with Gasteiger partial charge in [0, 0.05) is 6.42 Å². The number of carbonyl (C=O) groups is 1. The third-order valence-electron chi connectivity index (χ3n) is 5.73. The highest BCUT2D eigenvalue weighted by Gasteiger charge is 2.33. The predicted octanol–water partition coefficient (Wildman–Crippen LogP) is 6.91. The minimum absolute atomic E-state index is 0.0442. The maximum atomic E-state index is 12.2. The molecule has 0 aromatic heterocycles. The summed E-state index contributed by atoms with van der Waals surface area (Å²) in [5, 5.41) is 0. The van der Waals surface area contributed by atoms with Gasteiger partial charge in [0.1, 0.15) is 6.10 Å². The van der Waals surface area contributed by atoms with Crippen LogP contribution in [0.25, 0.3) is 0 Å². The van der Waals surface area contributed by atoms with Gasteiger partial charge >= 0.3 is 5.97 Å². The van der Waals surface area contributed by atoms with Gasteiger partial charge in [-0.1, -0.05) is 85.5 Å². The molecule has 0 bridgehead atoms. The maximum Gasteiger partial charge on any atom is 0.306 e. The van der Waals surface area contributed by atoms with Gasteiger partial charge in [-0.2, -0.15) is 0 Å². The summed E-state index contributed by atoms with van der Waals surface area (Å²) >= 11 is 0. The number of hydrogen-bond donors (Lipinski definition) is 0. The van der Waals surface area contributed by atoms with Crippen LogP contribution in [0.4, 0.5) is 0 Å². The quantitative estimate of drug-likeness (QED) is 0.285. The zero-order valence-corrected chi connectivity index (χ0v) is 16.8. The second-order valence-corrected chi connectivity index (χ2v) is 8.43. The molecule has 1 rings (SSSR count). The molecule has 1 saturated carbocycles. The Morgan fingerprint density at radius 1 is 0.958 bits per heavy atom. The highest BCUT2D eigenvalue weighted by atomic mass is 16.5. The Kier molecular flexibility index (Phi) is 11.5. The van der Waals surface area contributed by atoms with Crippen LogP contribution >= 0.6 is 0 Å². The van der Waals surface area contributed by atoms with E-state index in [4.69, 9.17) is 4.74 Å². The van der Waals surface area contributed by atoms with Crippen molar-refractivity contribution in [2.45, 2.75) is 117 Å². The molecular formula is C22H42O2. The van der Waals surface area contributed by atoms with Crippen molar-refractivity contribution in [3.05, 3.63) is 0 Å². The van der Waals surface area contributed by atoms with E-state index >= 15 is 0 Å². The Balaban J connectivity index is 2.10. The van der Waals surface area contributed by atoms with E-state index < -0.39 is 0 Å². The third-order valence-corrected chi connectivity index (χ3v) is 5.73. The first-order valence-electron chi connectivity index (χ1n) is 10.7. The van der Waals surface area contributed by atoms with Gasteiger partial charge < -0.3 is 4.74 Å². The van der Waals surface area contributed by atoms with Gasteiger partial charge in [-0.25, -0.2) is 0 Å². The molecule has 0 aliphatic heterocycles. The molecule has 3 atom stereocenters. The minimum atomic E-state index is 0.0442. The third kappa shape index (κ3) is 9.08. The van der Waals surface area contributed by atoms with Crippen LogP contribution in [0.2, 0.25) is 0 Å².